The van der Waals surface area contributed by atoms with E-state index in [1.165, 1.54) is 12.1 Å². The third-order valence-corrected chi connectivity index (χ3v) is 7.67. The maximum Gasteiger partial charge on any atom is 0.246 e. The van der Waals surface area contributed by atoms with Crippen molar-refractivity contribution in [2.24, 2.45) is 0 Å². The Morgan fingerprint density at radius 3 is 2.30 bits per heavy atom. The van der Waals surface area contributed by atoms with E-state index in [2.05, 4.69) is 15.3 Å². The van der Waals surface area contributed by atoms with Gasteiger partial charge in [-0.1, -0.05) is 18.2 Å². The second-order valence-corrected chi connectivity index (χ2v) is 9.24. The highest BCUT2D eigenvalue weighted by molar-refractivity contribution is 7.93. The molecule has 2 heterocycles. The number of nitrogens with one attached hydrogen (secondary N) is 1. The highest BCUT2D eigenvalue weighted by Crippen LogP contribution is 2.38. The van der Waals surface area contributed by atoms with Gasteiger partial charge in [-0.05, 0) is 37.8 Å². The molecule has 0 atom stereocenters. The number of rotatable bonds is 5. The fraction of sp³-hybridized carbons (Fsp3) is 0.421. The van der Waals surface area contributed by atoms with Gasteiger partial charge in [-0.3, -0.25) is 4.79 Å². The maximum atomic E-state index is 13.3. The van der Waals surface area contributed by atoms with Gasteiger partial charge in [-0.2, -0.15) is 0 Å². The van der Waals surface area contributed by atoms with E-state index in [1.54, 1.807) is 30.6 Å². The zero-order chi connectivity index (χ0) is 18.9. The van der Waals surface area contributed by atoms with Crippen molar-refractivity contribution >= 4 is 21.4 Å². The van der Waals surface area contributed by atoms with Gasteiger partial charge in [0.25, 0.3) is 0 Å². The van der Waals surface area contributed by atoms with Gasteiger partial charge in [-0.15, -0.1) is 0 Å². The van der Waals surface area contributed by atoms with E-state index in [0.717, 1.165) is 18.7 Å². The van der Waals surface area contributed by atoms with Crippen LogP contribution in [0.5, 0.6) is 0 Å². The quantitative estimate of drug-likeness (QED) is 0.845. The molecular formula is C19H21N3O4S. The molecule has 27 heavy (non-hydrogen) atoms. The van der Waals surface area contributed by atoms with Gasteiger partial charge in [0.1, 0.15) is 5.82 Å². The minimum atomic E-state index is -3.89. The van der Waals surface area contributed by atoms with Crippen molar-refractivity contribution in [1.82, 2.24) is 9.97 Å². The van der Waals surface area contributed by atoms with Crippen LogP contribution in [0.25, 0.3) is 0 Å². The first-order valence-corrected chi connectivity index (χ1v) is 10.5. The summed E-state index contributed by atoms with van der Waals surface area (Å²) in [6.07, 6.45) is 5.48. The Morgan fingerprint density at radius 2 is 1.70 bits per heavy atom. The van der Waals surface area contributed by atoms with Gasteiger partial charge in [0.2, 0.25) is 5.91 Å². The van der Waals surface area contributed by atoms with Gasteiger partial charge >= 0.3 is 0 Å². The number of carbonyl (C=O) groups excluding carboxylic acids is 1. The Hall–Kier alpha value is -2.32. The molecule has 142 valence electrons. The van der Waals surface area contributed by atoms with Crippen molar-refractivity contribution in [2.75, 3.05) is 18.5 Å². The first-order valence-electron chi connectivity index (χ1n) is 9.04. The number of anilines is 1. The second-order valence-electron chi connectivity index (χ2n) is 6.98. The summed E-state index contributed by atoms with van der Waals surface area (Å²) >= 11 is 0. The molecular weight excluding hydrogens is 366 g/mol. The minimum absolute atomic E-state index is 0.108. The Kier molecular flexibility index (Phi) is 4.69. The molecule has 1 amide bonds. The molecule has 1 saturated heterocycles. The third kappa shape index (κ3) is 3.35. The monoisotopic (exact) mass is 387 g/mol. The summed E-state index contributed by atoms with van der Waals surface area (Å²) in [6.45, 7) is 0.438. The molecule has 1 saturated carbocycles. The molecule has 0 radical (unpaired) electrons. The summed E-state index contributed by atoms with van der Waals surface area (Å²) in [5, 5.41) is 2.72. The molecule has 1 N–H and O–H groups in total. The number of hydrogen-bond donors (Lipinski definition) is 1. The van der Waals surface area contributed by atoms with Gasteiger partial charge in [0.15, 0.2) is 14.6 Å². The van der Waals surface area contributed by atoms with Crippen LogP contribution in [-0.2, 0) is 19.4 Å². The molecule has 1 aliphatic carbocycles. The summed E-state index contributed by atoms with van der Waals surface area (Å²) in [7, 11) is -3.89. The van der Waals surface area contributed by atoms with Crippen LogP contribution in [0.2, 0.25) is 0 Å². The van der Waals surface area contributed by atoms with Crippen LogP contribution in [0.3, 0.4) is 0 Å². The number of ether oxygens (including phenoxy) is 1. The molecule has 1 aromatic carbocycles. The Balaban J connectivity index is 1.63. The zero-order valence-corrected chi connectivity index (χ0v) is 15.6. The van der Waals surface area contributed by atoms with Gasteiger partial charge in [-0.25, -0.2) is 18.4 Å². The second kappa shape index (κ2) is 7.01. The fourth-order valence-corrected chi connectivity index (χ4v) is 5.31. The summed E-state index contributed by atoms with van der Waals surface area (Å²) in [6, 6.07) is 8.10. The molecule has 2 aromatic rings. The smallest absolute Gasteiger partial charge is 0.246 e. The van der Waals surface area contributed by atoms with Gasteiger partial charge in [0, 0.05) is 19.1 Å². The molecule has 1 aliphatic heterocycles. The molecule has 1 aromatic heterocycles. The van der Waals surface area contributed by atoms with Crippen LogP contribution < -0.4 is 5.32 Å². The van der Waals surface area contributed by atoms with Gasteiger partial charge < -0.3 is 10.1 Å². The predicted octanol–water partition coefficient (Wildman–Crippen LogP) is 2.32. The third-order valence-electron chi connectivity index (χ3n) is 5.15. The Morgan fingerprint density at radius 1 is 1.07 bits per heavy atom. The summed E-state index contributed by atoms with van der Waals surface area (Å²) in [5.74, 6) is 0.623. The van der Waals surface area contributed by atoms with E-state index in [4.69, 9.17) is 4.74 Å². The van der Waals surface area contributed by atoms with E-state index in [1.807, 2.05) is 0 Å². The number of hydrogen-bond acceptors (Lipinski definition) is 6. The number of sulfone groups is 1. The average molecular weight is 387 g/mol. The number of aromatic nitrogens is 2. The highest BCUT2D eigenvalue weighted by atomic mass is 32.2. The van der Waals surface area contributed by atoms with Crippen LogP contribution >= 0.6 is 0 Å². The first-order chi connectivity index (χ1) is 13.0. The van der Waals surface area contributed by atoms with Crippen LogP contribution in [0.1, 0.15) is 37.4 Å². The predicted molar refractivity (Wildman–Crippen MR) is 99.0 cm³/mol. The largest absolute Gasteiger partial charge is 0.381 e. The van der Waals surface area contributed by atoms with Crippen LogP contribution in [-0.4, -0.2) is 42.3 Å². The van der Waals surface area contributed by atoms with E-state index >= 15 is 0 Å². The van der Waals surface area contributed by atoms with E-state index < -0.39 is 20.5 Å². The Bertz CT molecular complexity index is 919. The van der Waals surface area contributed by atoms with Crippen molar-refractivity contribution in [1.29, 1.82) is 0 Å². The van der Waals surface area contributed by atoms with Crippen LogP contribution in [0.4, 0.5) is 5.69 Å². The molecule has 8 heteroatoms. The van der Waals surface area contributed by atoms with Crippen LogP contribution in [0, 0.1) is 0 Å². The topological polar surface area (TPSA) is 98.3 Å². The lowest BCUT2D eigenvalue weighted by molar-refractivity contribution is -0.121. The molecule has 0 unspecified atom stereocenters. The standard InChI is InChI=1S/C19H21N3O4S/c23-18(22-15-12-20-17(21-13-15)14-6-7-14)19(8-10-26-11-9-19)27(24,25)16-4-2-1-3-5-16/h1-5,12-14H,6-11H2,(H,22,23). The van der Waals surface area contributed by atoms with Crippen molar-refractivity contribution in [3.8, 4) is 0 Å². The molecule has 0 bridgehead atoms. The lowest BCUT2D eigenvalue weighted by atomic mass is 9.98. The number of benzene rings is 1. The lowest BCUT2D eigenvalue weighted by Gasteiger charge is -2.35. The molecule has 4 rings (SSSR count). The summed E-state index contributed by atoms with van der Waals surface area (Å²) in [5.41, 5.74) is 0.401. The van der Waals surface area contributed by atoms with Gasteiger partial charge in [0.05, 0.1) is 23.0 Å². The Labute approximate surface area is 158 Å². The highest BCUT2D eigenvalue weighted by Gasteiger charge is 2.52. The van der Waals surface area contributed by atoms with E-state index in [0.29, 0.717) is 11.6 Å². The van der Waals surface area contributed by atoms with Crippen molar-refractivity contribution < 1.29 is 17.9 Å². The fourth-order valence-electron chi connectivity index (χ4n) is 3.34. The van der Waals surface area contributed by atoms with Crippen LogP contribution in [0.15, 0.2) is 47.6 Å². The molecule has 2 fully saturated rings. The molecule has 7 nitrogen and oxygen atoms in total. The minimum Gasteiger partial charge on any atom is -0.381 e. The number of amides is 1. The van der Waals surface area contributed by atoms with Crippen molar-refractivity contribution in [2.45, 2.75) is 41.2 Å². The summed E-state index contributed by atoms with van der Waals surface area (Å²) in [4.78, 5) is 21.8. The first kappa shape index (κ1) is 18.1. The SMILES string of the molecule is O=C(Nc1cnc(C2CC2)nc1)C1(S(=O)(=O)c2ccccc2)CCOCC1. The van der Waals surface area contributed by atoms with E-state index in [9.17, 15) is 13.2 Å². The van der Waals surface area contributed by atoms with E-state index in [-0.39, 0.29) is 31.0 Å². The van der Waals surface area contributed by atoms with Crippen molar-refractivity contribution in [3.05, 3.63) is 48.5 Å². The maximum absolute atomic E-state index is 13.3. The number of nitrogens with zero attached hydrogens (tertiary/aromatic N) is 2. The molecule has 2 aliphatic rings. The normalized spacial score (nSPS) is 19.4. The average Bonchev–Trinajstić information content (AvgIpc) is 3.55. The zero-order valence-electron chi connectivity index (χ0n) is 14.8. The molecule has 0 spiro atoms. The summed E-state index contributed by atoms with van der Waals surface area (Å²) < 4.78 is 30.5. The number of carbonyl (C=O) groups is 1. The lowest BCUT2D eigenvalue weighted by Crippen LogP contribution is -2.53. The van der Waals surface area contributed by atoms with Crippen molar-refractivity contribution in [3.63, 3.8) is 0 Å².